The molecule has 3 N–H and O–H groups in total. The average molecular weight is 645 g/mol. The van der Waals surface area contributed by atoms with Crippen molar-refractivity contribution < 1.29 is 14.6 Å². The zero-order chi connectivity index (χ0) is 33.5. The van der Waals surface area contributed by atoms with Gasteiger partial charge in [0.05, 0.1) is 22.8 Å². The fourth-order valence-corrected chi connectivity index (χ4v) is 4.78. The number of para-hydroxylation sites is 4. The molecule has 0 atom stereocenters. The van der Waals surface area contributed by atoms with Crippen LogP contribution in [0.1, 0.15) is 11.4 Å². The summed E-state index contributed by atoms with van der Waals surface area (Å²) >= 11 is 0. The highest BCUT2D eigenvalue weighted by Gasteiger charge is 2.15. The van der Waals surface area contributed by atoms with Crippen LogP contribution in [0, 0.1) is 13.8 Å². The van der Waals surface area contributed by atoms with E-state index in [-0.39, 0.29) is 35.7 Å². The number of azo groups is 2. The van der Waals surface area contributed by atoms with Crippen LogP contribution in [0.2, 0.25) is 0 Å². The molecule has 0 fully saturated rings. The number of rotatable bonds is 12. The highest BCUT2D eigenvalue weighted by atomic mass is 16.5. The van der Waals surface area contributed by atoms with Gasteiger partial charge in [-0.1, -0.05) is 60.7 Å². The van der Waals surface area contributed by atoms with Crippen molar-refractivity contribution in [3.63, 3.8) is 0 Å². The van der Waals surface area contributed by atoms with E-state index in [9.17, 15) is 14.7 Å². The van der Waals surface area contributed by atoms with Gasteiger partial charge >= 0.3 is 0 Å². The molecule has 48 heavy (non-hydrogen) atoms. The van der Waals surface area contributed by atoms with Gasteiger partial charge in [-0.05, 0) is 62.4 Å². The predicted octanol–water partition coefficient (Wildman–Crippen LogP) is 6.91. The van der Waals surface area contributed by atoms with Gasteiger partial charge in [0.25, 0.3) is 11.1 Å². The van der Waals surface area contributed by atoms with Crippen molar-refractivity contribution in [2.75, 3.05) is 13.2 Å². The van der Waals surface area contributed by atoms with Crippen LogP contribution >= 0.6 is 0 Å². The second-order valence-electron chi connectivity index (χ2n) is 10.7. The SMILES string of the molecule is Cc1[nH]n(-c2ccccc2)c(=O)c1N=Nc1ccccc1OCC(O)COc1ccccc1N=Nc1c(C)[nH]n(-c2ccccc2)c1=O. The Hall–Kier alpha value is -6.34. The summed E-state index contributed by atoms with van der Waals surface area (Å²) in [6.45, 7) is 3.27. The molecule has 2 heterocycles. The van der Waals surface area contributed by atoms with Crippen LogP contribution in [0.15, 0.2) is 139 Å². The first-order valence-corrected chi connectivity index (χ1v) is 15.1. The molecular formula is C35H32N8O5. The Morgan fingerprint density at radius 1 is 0.583 bits per heavy atom. The van der Waals surface area contributed by atoms with Crippen LogP contribution in [0.5, 0.6) is 11.5 Å². The Bertz CT molecular complexity index is 2030. The van der Waals surface area contributed by atoms with Crippen LogP contribution in [0.25, 0.3) is 11.4 Å². The molecule has 0 bridgehead atoms. The first kappa shape index (κ1) is 31.6. The van der Waals surface area contributed by atoms with Gasteiger partial charge in [0.2, 0.25) is 0 Å². The number of hydrogen-bond donors (Lipinski definition) is 3. The zero-order valence-corrected chi connectivity index (χ0v) is 26.1. The van der Waals surface area contributed by atoms with Crippen molar-refractivity contribution in [3.8, 4) is 22.9 Å². The van der Waals surface area contributed by atoms with Gasteiger partial charge in [-0.25, -0.2) is 9.36 Å². The maximum atomic E-state index is 13.0. The van der Waals surface area contributed by atoms with E-state index in [0.29, 0.717) is 45.6 Å². The van der Waals surface area contributed by atoms with E-state index in [1.165, 1.54) is 9.36 Å². The Morgan fingerprint density at radius 2 is 0.958 bits per heavy atom. The fourth-order valence-electron chi connectivity index (χ4n) is 4.78. The summed E-state index contributed by atoms with van der Waals surface area (Å²) in [7, 11) is 0. The highest BCUT2D eigenvalue weighted by molar-refractivity contribution is 5.53. The summed E-state index contributed by atoms with van der Waals surface area (Å²) in [5, 5.41) is 33.7. The first-order chi connectivity index (χ1) is 23.4. The van der Waals surface area contributed by atoms with Crippen LogP contribution in [0.4, 0.5) is 22.7 Å². The lowest BCUT2D eigenvalue weighted by Gasteiger charge is -2.15. The van der Waals surface area contributed by atoms with Crippen molar-refractivity contribution in [1.29, 1.82) is 0 Å². The minimum absolute atomic E-state index is 0.109. The number of nitrogens with zero attached hydrogens (tertiary/aromatic N) is 6. The molecule has 4 aromatic carbocycles. The summed E-state index contributed by atoms with van der Waals surface area (Å²) in [5.41, 5.74) is 2.93. The largest absolute Gasteiger partial charge is 0.488 e. The number of aromatic nitrogens is 4. The molecule has 0 saturated heterocycles. The van der Waals surface area contributed by atoms with E-state index in [1.54, 1.807) is 62.4 Å². The monoisotopic (exact) mass is 644 g/mol. The normalized spacial score (nSPS) is 12.1. The molecular weight excluding hydrogens is 612 g/mol. The third-order valence-corrected chi connectivity index (χ3v) is 7.22. The van der Waals surface area contributed by atoms with Crippen LogP contribution < -0.4 is 20.6 Å². The van der Waals surface area contributed by atoms with E-state index >= 15 is 0 Å². The van der Waals surface area contributed by atoms with Gasteiger partial charge < -0.3 is 14.6 Å². The quantitative estimate of drug-likeness (QED) is 0.123. The predicted molar refractivity (Wildman–Crippen MR) is 180 cm³/mol. The van der Waals surface area contributed by atoms with Crippen molar-refractivity contribution >= 4 is 22.7 Å². The summed E-state index contributed by atoms with van der Waals surface area (Å²) in [6, 6.07) is 32.2. The number of aromatic amines is 2. The minimum atomic E-state index is -1.02. The van der Waals surface area contributed by atoms with Crippen molar-refractivity contribution in [3.05, 3.63) is 141 Å². The number of aliphatic hydroxyl groups is 1. The second-order valence-corrected chi connectivity index (χ2v) is 10.7. The molecule has 0 amide bonds. The van der Waals surface area contributed by atoms with E-state index < -0.39 is 6.10 Å². The number of ether oxygens (including phenoxy) is 2. The molecule has 0 spiro atoms. The van der Waals surface area contributed by atoms with Crippen LogP contribution in [0.3, 0.4) is 0 Å². The molecule has 6 rings (SSSR count). The van der Waals surface area contributed by atoms with Crippen molar-refractivity contribution in [2.45, 2.75) is 20.0 Å². The molecule has 0 aliphatic carbocycles. The Labute approximate surface area is 274 Å². The van der Waals surface area contributed by atoms with E-state index in [0.717, 1.165) is 0 Å². The lowest BCUT2D eigenvalue weighted by Crippen LogP contribution is -2.25. The van der Waals surface area contributed by atoms with Gasteiger partial charge in [-0.2, -0.15) is 0 Å². The summed E-state index contributed by atoms with van der Waals surface area (Å²) < 4.78 is 14.5. The second kappa shape index (κ2) is 14.4. The van der Waals surface area contributed by atoms with Crippen molar-refractivity contribution in [2.24, 2.45) is 20.5 Å². The molecule has 0 unspecified atom stereocenters. The maximum Gasteiger partial charge on any atom is 0.299 e. The topological polar surface area (TPSA) is 164 Å². The van der Waals surface area contributed by atoms with E-state index in [1.807, 2.05) is 60.7 Å². The van der Waals surface area contributed by atoms with Gasteiger partial charge in [0.1, 0.15) is 42.2 Å². The van der Waals surface area contributed by atoms with E-state index in [4.69, 9.17) is 9.47 Å². The van der Waals surface area contributed by atoms with Crippen molar-refractivity contribution in [1.82, 2.24) is 19.6 Å². The number of nitrogens with one attached hydrogen (secondary N) is 2. The summed E-state index contributed by atoms with van der Waals surface area (Å²) in [6.07, 6.45) is -1.02. The van der Waals surface area contributed by atoms with Gasteiger partial charge in [-0.15, -0.1) is 20.5 Å². The summed E-state index contributed by atoms with van der Waals surface area (Å²) in [5.74, 6) is 0.739. The third kappa shape index (κ3) is 7.06. The first-order valence-electron chi connectivity index (χ1n) is 15.1. The summed E-state index contributed by atoms with van der Waals surface area (Å²) in [4.78, 5) is 26.0. The molecule has 6 aromatic rings. The number of hydrogen-bond acceptors (Lipinski definition) is 9. The average Bonchev–Trinajstić information content (AvgIpc) is 3.57. The Balaban J connectivity index is 1.09. The minimum Gasteiger partial charge on any atom is -0.488 e. The lowest BCUT2D eigenvalue weighted by atomic mass is 10.3. The van der Waals surface area contributed by atoms with Gasteiger partial charge in [0.15, 0.2) is 11.4 Å². The standard InChI is InChI=1S/C35H32N8O5/c1-23-32(34(45)42(40-23)25-13-5-3-6-14-25)38-36-28-17-9-11-19-30(28)47-21-27(44)22-48-31-20-12-10-18-29(31)37-39-33-24(2)41-43(35(33)46)26-15-7-4-8-16-26/h3-20,27,40-41,44H,21-22H2,1-2H3. The van der Waals surface area contributed by atoms with Gasteiger partial charge in [-0.3, -0.25) is 19.8 Å². The van der Waals surface area contributed by atoms with Crippen LogP contribution in [-0.2, 0) is 0 Å². The number of aliphatic hydroxyl groups excluding tert-OH is 1. The number of benzene rings is 4. The Kier molecular flexibility index (Phi) is 9.49. The van der Waals surface area contributed by atoms with Crippen LogP contribution in [-0.4, -0.2) is 44.0 Å². The molecule has 242 valence electrons. The lowest BCUT2D eigenvalue weighted by molar-refractivity contribution is 0.0630. The smallest absolute Gasteiger partial charge is 0.299 e. The molecule has 2 aromatic heterocycles. The fraction of sp³-hybridized carbons (Fsp3) is 0.143. The number of H-pyrrole nitrogens is 2. The molecule has 13 heteroatoms. The van der Waals surface area contributed by atoms with Gasteiger partial charge in [0, 0.05) is 0 Å². The third-order valence-electron chi connectivity index (χ3n) is 7.22. The molecule has 0 radical (unpaired) electrons. The highest BCUT2D eigenvalue weighted by Crippen LogP contribution is 2.31. The molecule has 0 saturated carbocycles. The zero-order valence-electron chi connectivity index (χ0n) is 26.1. The maximum absolute atomic E-state index is 13.0. The molecule has 13 nitrogen and oxygen atoms in total. The molecule has 0 aliphatic heterocycles. The number of aryl methyl sites for hydroxylation is 2. The molecule has 0 aliphatic rings. The Morgan fingerprint density at radius 3 is 1.38 bits per heavy atom. The van der Waals surface area contributed by atoms with E-state index in [2.05, 4.69) is 30.7 Å².